The predicted molar refractivity (Wildman–Crippen MR) is 72.9 cm³/mol. The zero-order valence-corrected chi connectivity index (χ0v) is 12.0. The molecular weight excluding hydrogens is 250 g/mol. The van der Waals surface area contributed by atoms with Gasteiger partial charge < -0.3 is 20.1 Å². The number of rotatable bonds is 4. The van der Waals surface area contributed by atoms with Crippen LogP contribution in [-0.4, -0.2) is 37.4 Å². The Labute approximate surface area is 112 Å². The lowest BCUT2D eigenvalue weighted by Crippen LogP contribution is -2.45. The second-order valence-corrected chi connectivity index (χ2v) is 5.73. The second kappa shape index (κ2) is 5.97. The fraction of sp³-hybridized carbons (Fsp3) is 0.750. The Morgan fingerprint density at radius 2 is 2.11 bits per heavy atom. The molecule has 1 aromatic heterocycles. The number of nitrogens with two attached hydrogens (primary N) is 1. The number of thiazole rings is 1. The number of morpholine rings is 1. The fourth-order valence-corrected chi connectivity index (χ4v) is 3.21. The smallest absolute Gasteiger partial charge is 0.186 e. The van der Waals surface area contributed by atoms with Crippen molar-refractivity contribution in [2.24, 2.45) is 5.73 Å². The Kier molecular flexibility index (Phi) is 4.55. The first kappa shape index (κ1) is 13.7. The van der Waals surface area contributed by atoms with Crippen molar-refractivity contribution in [1.29, 1.82) is 0 Å². The highest BCUT2D eigenvalue weighted by Crippen LogP contribution is 2.28. The fourth-order valence-electron chi connectivity index (χ4n) is 2.25. The lowest BCUT2D eigenvalue weighted by atomic mass is 10.2. The van der Waals surface area contributed by atoms with Gasteiger partial charge in [0.1, 0.15) is 0 Å². The van der Waals surface area contributed by atoms with Gasteiger partial charge in [-0.3, -0.25) is 0 Å². The molecule has 2 rings (SSSR count). The summed E-state index contributed by atoms with van der Waals surface area (Å²) in [5, 5.41) is 1.03. The van der Waals surface area contributed by atoms with Gasteiger partial charge in [0.2, 0.25) is 0 Å². The van der Waals surface area contributed by atoms with Gasteiger partial charge in [-0.15, -0.1) is 11.3 Å². The van der Waals surface area contributed by atoms with Crippen LogP contribution in [-0.2, 0) is 22.6 Å². The molecule has 0 spiro atoms. The molecule has 1 aliphatic heterocycles. The minimum Gasteiger partial charge on any atom is -0.378 e. The SMILES string of the molecule is COCc1nc(N2CC(C)OC(C)C2)sc1CN. The van der Waals surface area contributed by atoms with E-state index in [0.717, 1.165) is 28.8 Å². The van der Waals surface area contributed by atoms with Gasteiger partial charge >= 0.3 is 0 Å². The normalized spacial score (nSPS) is 24.6. The maximum absolute atomic E-state index is 5.75. The Balaban J connectivity index is 2.17. The average molecular weight is 271 g/mol. The zero-order chi connectivity index (χ0) is 13.1. The average Bonchev–Trinajstić information content (AvgIpc) is 2.71. The van der Waals surface area contributed by atoms with Crippen molar-refractivity contribution in [3.63, 3.8) is 0 Å². The van der Waals surface area contributed by atoms with Gasteiger partial charge in [-0.1, -0.05) is 0 Å². The van der Waals surface area contributed by atoms with Crippen LogP contribution in [0.1, 0.15) is 24.4 Å². The molecule has 18 heavy (non-hydrogen) atoms. The number of aromatic nitrogens is 1. The molecular formula is C12H21N3O2S. The van der Waals surface area contributed by atoms with Crippen LogP contribution in [0.5, 0.6) is 0 Å². The van der Waals surface area contributed by atoms with Crippen LogP contribution in [0.2, 0.25) is 0 Å². The first-order chi connectivity index (χ1) is 8.63. The second-order valence-electron chi connectivity index (χ2n) is 4.67. The molecule has 0 bridgehead atoms. The maximum atomic E-state index is 5.75. The van der Waals surface area contributed by atoms with Crippen molar-refractivity contribution in [1.82, 2.24) is 4.98 Å². The molecule has 2 N–H and O–H groups in total. The summed E-state index contributed by atoms with van der Waals surface area (Å²) in [5.41, 5.74) is 6.71. The van der Waals surface area contributed by atoms with Crippen LogP contribution in [0.3, 0.4) is 0 Å². The molecule has 2 heterocycles. The van der Waals surface area contributed by atoms with Crippen molar-refractivity contribution in [2.75, 3.05) is 25.1 Å². The lowest BCUT2D eigenvalue weighted by molar-refractivity contribution is -0.00524. The summed E-state index contributed by atoms with van der Waals surface area (Å²) in [4.78, 5) is 8.04. The van der Waals surface area contributed by atoms with Gasteiger partial charge in [0, 0.05) is 31.6 Å². The minimum absolute atomic E-state index is 0.241. The predicted octanol–water partition coefficient (Wildman–Crippen LogP) is 1.36. The van der Waals surface area contributed by atoms with Crippen molar-refractivity contribution in [2.45, 2.75) is 39.2 Å². The Morgan fingerprint density at radius 3 is 2.67 bits per heavy atom. The van der Waals surface area contributed by atoms with Crippen LogP contribution in [0.25, 0.3) is 0 Å². The first-order valence-corrected chi connectivity index (χ1v) is 7.03. The molecule has 1 fully saturated rings. The van der Waals surface area contributed by atoms with Crippen LogP contribution >= 0.6 is 11.3 Å². The Hall–Kier alpha value is -0.690. The monoisotopic (exact) mass is 271 g/mol. The van der Waals surface area contributed by atoms with Gasteiger partial charge in [0.25, 0.3) is 0 Å². The van der Waals surface area contributed by atoms with Crippen molar-refractivity contribution in [3.05, 3.63) is 10.6 Å². The third-order valence-electron chi connectivity index (χ3n) is 2.92. The summed E-state index contributed by atoms with van der Waals surface area (Å²) < 4.78 is 10.9. The van der Waals surface area contributed by atoms with E-state index in [1.165, 1.54) is 0 Å². The lowest BCUT2D eigenvalue weighted by Gasteiger charge is -2.35. The molecule has 0 aliphatic carbocycles. The van der Waals surface area contributed by atoms with E-state index in [-0.39, 0.29) is 12.2 Å². The number of hydrogen-bond acceptors (Lipinski definition) is 6. The minimum atomic E-state index is 0.241. The van der Waals surface area contributed by atoms with Crippen LogP contribution in [0.15, 0.2) is 0 Å². The number of ether oxygens (including phenoxy) is 2. The van der Waals surface area contributed by atoms with E-state index < -0.39 is 0 Å². The first-order valence-electron chi connectivity index (χ1n) is 6.22. The standard InChI is InChI=1S/C12H21N3O2S/c1-8-5-15(6-9(2)17-8)12-14-10(7-16-3)11(4-13)18-12/h8-9H,4-7,13H2,1-3H3. The maximum Gasteiger partial charge on any atom is 0.186 e. The van der Waals surface area contributed by atoms with Gasteiger partial charge in [0.05, 0.1) is 24.5 Å². The summed E-state index contributed by atoms with van der Waals surface area (Å²) in [7, 11) is 1.68. The van der Waals surface area contributed by atoms with Crippen molar-refractivity contribution in [3.8, 4) is 0 Å². The van der Waals surface area contributed by atoms with E-state index in [1.807, 2.05) is 0 Å². The molecule has 5 nitrogen and oxygen atoms in total. The van der Waals surface area contributed by atoms with Gasteiger partial charge in [0.15, 0.2) is 5.13 Å². The molecule has 0 amide bonds. The molecule has 2 unspecified atom stereocenters. The van der Waals surface area contributed by atoms with E-state index in [0.29, 0.717) is 13.2 Å². The highest BCUT2D eigenvalue weighted by Gasteiger charge is 2.25. The summed E-state index contributed by atoms with van der Waals surface area (Å²) in [6.07, 6.45) is 0.481. The van der Waals surface area contributed by atoms with Gasteiger partial charge in [-0.25, -0.2) is 4.98 Å². The summed E-state index contributed by atoms with van der Waals surface area (Å²) in [5.74, 6) is 0. The molecule has 0 radical (unpaired) electrons. The molecule has 2 atom stereocenters. The van der Waals surface area contributed by atoms with E-state index in [4.69, 9.17) is 15.2 Å². The van der Waals surface area contributed by atoms with Crippen LogP contribution in [0, 0.1) is 0 Å². The molecule has 6 heteroatoms. The van der Waals surface area contributed by atoms with E-state index >= 15 is 0 Å². The van der Waals surface area contributed by atoms with Gasteiger partial charge in [-0.05, 0) is 13.8 Å². The summed E-state index contributed by atoms with van der Waals surface area (Å²) in [6.45, 7) is 7.00. The number of methoxy groups -OCH3 is 1. The number of nitrogens with zero attached hydrogens (tertiary/aromatic N) is 2. The number of hydrogen-bond donors (Lipinski definition) is 1. The topological polar surface area (TPSA) is 60.6 Å². The third kappa shape index (κ3) is 3.00. The zero-order valence-electron chi connectivity index (χ0n) is 11.2. The van der Waals surface area contributed by atoms with Crippen molar-refractivity contribution < 1.29 is 9.47 Å². The molecule has 0 aromatic carbocycles. The molecule has 0 saturated carbocycles. The van der Waals surface area contributed by atoms with Crippen molar-refractivity contribution >= 4 is 16.5 Å². The Morgan fingerprint density at radius 1 is 1.44 bits per heavy atom. The van der Waals surface area contributed by atoms with Gasteiger partial charge in [-0.2, -0.15) is 0 Å². The van der Waals surface area contributed by atoms with E-state index in [1.54, 1.807) is 18.4 Å². The molecule has 1 aromatic rings. The highest BCUT2D eigenvalue weighted by molar-refractivity contribution is 7.15. The molecule has 1 aliphatic rings. The van der Waals surface area contributed by atoms with Crippen LogP contribution < -0.4 is 10.6 Å². The number of anilines is 1. The third-order valence-corrected chi connectivity index (χ3v) is 4.10. The summed E-state index contributed by atoms with van der Waals surface area (Å²) >= 11 is 1.66. The van der Waals surface area contributed by atoms with Crippen LogP contribution in [0.4, 0.5) is 5.13 Å². The summed E-state index contributed by atoms with van der Waals surface area (Å²) in [6, 6.07) is 0. The largest absolute Gasteiger partial charge is 0.378 e. The quantitative estimate of drug-likeness (QED) is 0.896. The van der Waals surface area contributed by atoms with E-state index in [2.05, 4.69) is 23.7 Å². The van der Waals surface area contributed by atoms with E-state index in [9.17, 15) is 0 Å². The Bertz CT molecular complexity index is 387. The molecule has 1 saturated heterocycles. The highest BCUT2D eigenvalue weighted by atomic mass is 32.1. The molecule has 102 valence electrons.